The topological polar surface area (TPSA) is 118 Å². The van der Waals surface area contributed by atoms with Gasteiger partial charge >= 0.3 is 0 Å². The van der Waals surface area contributed by atoms with Crippen LogP contribution in [-0.4, -0.2) is 56.4 Å². The Kier molecular flexibility index (Phi) is 4.89. The van der Waals surface area contributed by atoms with Gasteiger partial charge in [0.1, 0.15) is 11.3 Å². The van der Waals surface area contributed by atoms with E-state index in [2.05, 4.69) is 30.4 Å². The van der Waals surface area contributed by atoms with E-state index in [1.54, 1.807) is 18.6 Å². The summed E-state index contributed by atoms with van der Waals surface area (Å²) in [6, 6.07) is 13.3. The van der Waals surface area contributed by atoms with Crippen LogP contribution in [0.1, 0.15) is 0 Å². The van der Waals surface area contributed by atoms with Gasteiger partial charge in [-0.1, -0.05) is 6.07 Å². The van der Waals surface area contributed by atoms with Gasteiger partial charge in [0, 0.05) is 49.4 Å². The lowest BCUT2D eigenvalue weighted by atomic mass is 10.2. The number of aromatic amines is 1. The highest BCUT2D eigenvalue weighted by molar-refractivity contribution is 5.89. The SMILES string of the molecule is c1ccc(-c2cc(Nc3nc(N4CCOCC4)c4oc(-c5ccncc5)cc4n3)n[nH]2)nc1. The Hall–Kier alpha value is -4.31. The molecule has 0 saturated carbocycles. The third-order valence-electron chi connectivity index (χ3n) is 5.39. The van der Waals surface area contributed by atoms with Crippen LogP contribution in [0.3, 0.4) is 0 Å². The zero-order valence-electron chi connectivity index (χ0n) is 17.6. The molecule has 0 aromatic carbocycles. The van der Waals surface area contributed by atoms with E-state index in [1.165, 1.54) is 0 Å². The number of hydrogen-bond donors (Lipinski definition) is 2. The highest BCUT2D eigenvalue weighted by Crippen LogP contribution is 2.33. The molecule has 10 heteroatoms. The summed E-state index contributed by atoms with van der Waals surface area (Å²) in [6.07, 6.45) is 5.22. The molecule has 1 aliphatic heterocycles. The Morgan fingerprint density at radius 3 is 2.67 bits per heavy atom. The molecule has 0 bridgehead atoms. The molecule has 5 aromatic rings. The third-order valence-corrected chi connectivity index (χ3v) is 5.39. The Bertz CT molecular complexity index is 1380. The van der Waals surface area contributed by atoms with E-state index in [4.69, 9.17) is 19.1 Å². The van der Waals surface area contributed by atoms with Crippen LogP contribution in [-0.2, 0) is 4.74 Å². The molecular formula is C23H20N8O2. The lowest BCUT2D eigenvalue weighted by Crippen LogP contribution is -2.37. The van der Waals surface area contributed by atoms with Gasteiger partial charge in [-0.05, 0) is 24.3 Å². The fourth-order valence-electron chi connectivity index (χ4n) is 3.77. The molecule has 0 amide bonds. The molecule has 0 atom stereocenters. The maximum absolute atomic E-state index is 6.21. The van der Waals surface area contributed by atoms with Gasteiger partial charge in [-0.15, -0.1) is 0 Å². The number of pyridine rings is 2. The van der Waals surface area contributed by atoms with E-state index >= 15 is 0 Å². The number of anilines is 3. The average Bonchev–Trinajstić information content (AvgIpc) is 3.53. The van der Waals surface area contributed by atoms with Gasteiger partial charge in [0.2, 0.25) is 5.95 Å². The van der Waals surface area contributed by atoms with Crippen LogP contribution in [0.15, 0.2) is 65.5 Å². The van der Waals surface area contributed by atoms with Crippen LogP contribution >= 0.6 is 0 Å². The number of ether oxygens (including phenoxy) is 1. The predicted octanol–water partition coefficient (Wildman–Crippen LogP) is 3.65. The van der Waals surface area contributed by atoms with Crippen LogP contribution in [0.25, 0.3) is 33.8 Å². The van der Waals surface area contributed by atoms with E-state index in [0.29, 0.717) is 41.8 Å². The first-order valence-corrected chi connectivity index (χ1v) is 10.6. The van der Waals surface area contributed by atoms with E-state index in [9.17, 15) is 0 Å². The summed E-state index contributed by atoms with van der Waals surface area (Å²) in [6.45, 7) is 2.73. The molecule has 1 aliphatic rings. The van der Waals surface area contributed by atoms with Crippen LogP contribution in [0.4, 0.5) is 17.6 Å². The van der Waals surface area contributed by atoms with E-state index < -0.39 is 0 Å². The summed E-state index contributed by atoms with van der Waals surface area (Å²) in [5.41, 5.74) is 3.89. The molecule has 2 N–H and O–H groups in total. The molecule has 1 saturated heterocycles. The highest BCUT2D eigenvalue weighted by atomic mass is 16.5. The van der Waals surface area contributed by atoms with Crippen molar-refractivity contribution >= 4 is 28.7 Å². The maximum atomic E-state index is 6.21. The fourth-order valence-corrected chi connectivity index (χ4v) is 3.77. The van der Waals surface area contributed by atoms with Gasteiger partial charge in [-0.25, -0.2) is 4.98 Å². The lowest BCUT2D eigenvalue weighted by molar-refractivity contribution is 0.122. The first kappa shape index (κ1) is 19.4. The second-order valence-corrected chi connectivity index (χ2v) is 7.54. The molecular weight excluding hydrogens is 420 g/mol. The molecule has 164 valence electrons. The molecule has 1 fully saturated rings. The summed E-state index contributed by atoms with van der Waals surface area (Å²) in [7, 11) is 0. The zero-order valence-corrected chi connectivity index (χ0v) is 17.6. The molecule has 6 heterocycles. The van der Waals surface area contributed by atoms with Crippen molar-refractivity contribution in [2.24, 2.45) is 0 Å². The Balaban J connectivity index is 1.38. The number of rotatable bonds is 5. The van der Waals surface area contributed by atoms with Crippen molar-refractivity contribution in [1.82, 2.24) is 30.1 Å². The first-order chi connectivity index (χ1) is 16.3. The zero-order chi connectivity index (χ0) is 22.0. The molecule has 0 spiro atoms. The summed E-state index contributed by atoms with van der Waals surface area (Å²) >= 11 is 0. The minimum atomic E-state index is 0.435. The van der Waals surface area contributed by atoms with Crippen LogP contribution in [0.2, 0.25) is 0 Å². The predicted molar refractivity (Wildman–Crippen MR) is 123 cm³/mol. The lowest BCUT2D eigenvalue weighted by Gasteiger charge is -2.27. The summed E-state index contributed by atoms with van der Waals surface area (Å²) in [4.78, 5) is 20.1. The highest BCUT2D eigenvalue weighted by Gasteiger charge is 2.22. The van der Waals surface area contributed by atoms with Gasteiger partial charge in [0.25, 0.3) is 0 Å². The minimum absolute atomic E-state index is 0.435. The largest absolute Gasteiger partial charge is 0.450 e. The van der Waals surface area contributed by atoms with Crippen molar-refractivity contribution in [3.05, 3.63) is 61.1 Å². The second kappa shape index (κ2) is 8.32. The number of H-pyrrole nitrogens is 1. The number of hydrogen-bond acceptors (Lipinski definition) is 9. The average molecular weight is 440 g/mol. The van der Waals surface area contributed by atoms with Gasteiger partial charge in [-0.2, -0.15) is 10.1 Å². The van der Waals surface area contributed by atoms with Crippen molar-refractivity contribution in [1.29, 1.82) is 0 Å². The first-order valence-electron chi connectivity index (χ1n) is 10.6. The number of nitrogens with one attached hydrogen (secondary N) is 2. The number of morpholine rings is 1. The molecule has 0 aliphatic carbocycles. The van der Waals surface area contributed by atoms with Crippen LogP contribution in [0.5, 0.6) is 0 Å². The summed E-state index contributed by atoms with van der Waals surface area (Å²) in [5, 5.41) is 10.6. The maximum Gasteiger partial charge on any atom is 0.231 e. The van der Waals surface area contributed by atoms with Crippen molar-refractivity contribution < 1.29 is 9.15 Å². The third kappa shape index (κ3) is 3.87. The smallest absolute Gasteiger partial charge is 0.231 e. The number of nitrogens with zero attached hydrogens (tertiary/aromatic N) is 6. The number of furan rings is 1. The standard InChI is InChI=1S/C23H20N8O2/c1-2-6-25-16(3-1)17-14-20(30-29-17)27-23-26-18-13-19(15-4-7-24-8-5-15)33-21(18)22(28-23)31-9-11-32-12-10-31/h1-8,13-14H,9-12H2,(H2,26,27,28,29,30). The summed E-state index contributed by atoms with van der Waals surface area (Å²) in [5.74, 6) is 2.48. The van der Waals surface area contributed by atoms with Gasteiger partial charge < -0.3 is 19.4 Å². The molecule has 6 rings (SSSR count). The van der Waals surface area contributed by atoms with Crippen molar-refractivity contribution in [2.75, 3.05) is 36.5 Å². The molecule has 5 aromatic heterocycles. The van der Waals surface area contributed by atoms with Crippen molar-refractivity contribution in [3.8, 4) is 22.7 Å². The Labute approximate surface area is 188 Å². The quantitative estimate of drug-likeness (QED) is 0.422. The monoisotopic (exact) mass is 440 g/mol. The van der Waals surface area contributed by atoms with E-state index in [0.717, 1.165) is 35.9 Å². The Morgan fingerprint density at radius 2 is 1.85 bits per heavy atom. The molecule has 10 nitrogen and oxygen atoms in total. The van der Waals surface area contributed by atoms with Gasteiger partial charge in [0.15, 0.2) is 17.2 Å². The second-order valence-electron chi connectivity index (χ2n) is 7.54. The molecule has 0 unspecified atom stereocenters. The van der Waals surface area contributed by atoms with E-state index in [1.807, 2.05) is 42.5 Å². The fraction of sp³-hybridized carbons (Fsp3) is 0.174. The molecule has 0 radical (unpaired) electrons. The van der Waals surface area contributed by atoms with Crippen molar-refractivity contribution in [2.45, 2.75) is 0 Å². The van der Waals surface area contributed by atoms with Crippen LogP contribution in [0, 0.1) is 0 Å². The van der Waals surface area contributed by atoms with E-state index in [-0.39, 0.29) is 0 Å². The van der Waals surface area contributed by atoms with Crippen LogP contribution < -0.4 is 10.2 Å². The van der Waals surface area contributed by atoms with Crippen molar-refractivity contribution in [3.63, 3.8) is 0 Å². The van der Waals surface area contributed by atoms with Gasteiger partial charge in [-0.3, -0.25) is 15.1 Å². The van der Waals surface area contributed by atoms with Gasteiger partial charge in [0.05, 0.1) is 24.6 Å². The summed E-state index contributed by atoms with van der Waals surface area (Å²) < 4.78 is 11.7. The molecule has 33 heavy (non-hydrogen) atoms. The Morgan fingerprint density at radius 1 is 0.970 bits per heavy atom. The minimum Gasteiger partial charge on any atom is -0.450 e. The number of aromatic nitrogens is 6. The number of fused-ring (bicyclic) bond motifs is 1. The normalized spacial score (nSPS) is 14.0.